The maximum atomic E-state index is 5.89. The van der Waals surface area contributed by atoms with Crippen molar-refractivity contribution >= 4 is 0 Å². The molecule has 0 aliphatic heterocycles. The highest BCUT2D eigenvalue weighted by Crippen LogP contribution is 2.15. The van der Waals surface area contributed by atoms with E-state index in [-0.39, 0.29) is 0 Å². The van der Waals surface area contributed by atoms with Crippen LogP contribution in [0.25, 0.3) is 0 Å². The van der Waals surface area contributed by atoms with Gasteiger partial charge >= 0.3 is 0 Å². The zero-order valence-electron chi connectivity index (χ0n) is 13.3. The first-order valence-corrected chi connectivity index (χ1v) is 8.06. The van der Waals surface area contributed by atoms with E-state index in [1.165, 1.54) is 58.2 Å². The van der Waals surface area contributed by atoms with E-state index in [9.17, 15) is 0 Å². The topological polar surface area (TPSA) is 29.3 Å². The van der Waals surface area contributed by atoms with Crippen LogP contribution in [0.5, 0.6) is 0 Å². The normalized spacial score (nSPS) is 13.5. The van der Waals surface area contributed by atoms with E-state index in [1.54, 1.807) is 0 Å². The van der Waals surface area contributed by atoms with Gasteiger partial charge in [0.15, 0.2) is 0 Å². The lowest BCUT2D eigenvalue weighted by atomic mass is 9.94. The van der Waals surface area contributed by atoms with Gasteiger partial charge < -0.3 is 10.6 Å². The van der Waals surface area contributed by atoms with Gasteiger partial charge in [0.2, 0.25) is 0 Å². The second kappa shape index (κ2) is 12.0. The highest BCUT2D eigenvalue weighted by Gasteiger charge is 2.11. The van der Waals surface area contributed by atoms with Crippen LogP contribution in [0.15, 0.2) is 0 Å². The SMILES string of the molecule is CCCCN(CCCC)CC[C@@H](CN)CC(C)C. The van der Waals surface area contributed by atoms with Crippen LogP contribution in [-0.2, 0) is 0 Å². The Morgan fingerprint density at radius 3 is 1.89 bits per heavy atom. The van der Waals surface area contributed by atoms with E-state index in [0.717, 1.165) is 18.4 Å². The van der Waals surface area contributed by atoms with E-state index >= 15 is 0 Å². The molecule has 0 saturated heterocycles. The van der Waals surface area contributed by atoms with Gasteiger partial charge in [0.1, 0.15) is 0 Å². The Kier molecular flexibility index (Phi) is 11.9. The molecule has 18 heavy (non-hydrogen) atoms. The smallest absolute Gasteiger partial charge is 0.00156 e. The molecule has 0 aliphatic rings. The van der Waals surface area contributed by atoms with Crippen molar-refractivity contribution in [2.45, 2.75) is 66.2 Å². The van der Waals surface area contributed by atoms with Gasteiger partial charge in [-0.15, -0.1) is 0 Å². The number of hydrogen-bond acceptors (Lipinski definition) is 2. The minimum atomic E-state index is 0.718. The number of nitrogens with zero attached hydrogens (tertiary/aromatic N) is 1. The molecule has 0 amide bonds. The molecule has 2 heteroatoms. The van der Waals surface area contributed by atoms with Crippen molar-refractivity contribution in [1.29, 1.82) is 0 Å². The van der Waals surface area contributed by atoms with E-state index in [4.69, 9.17) is 5.73 Å². The average Bonchev–Trinajstić information content (AvgIpc) is 2.35. The maximum Gasteiger partial charge on any atom is -0.00156 e. The number of hydrogen-bond donors (Lipinski definition) is 1. The number of unbranched alkanes of at least 4 members (excludes halogenated alkanes) is 2. The fourth-order valence-corrected chi connectivity index (χ4v) is 2.46. The van der Waals surface area contributed by atoms with Crippen LogP contribution in [0.2, 0.25) is 0 Å². The summed E-state index contributed by atoms with van der Waals surface area (Å²) in [6, 6.07) is 0. The monoisotopic (exact) mass is 256 g/mol. The van der Waals surface area contributed by atoms with Crippen LogP contribution in [0.1, 0.15) is 66.2 Å². The molecule has 0 heterocycles. The molecule has 1 atom stereocenters. The molecule has 110 valence electrons. The Morgan fingerprint density at radius 1 is 0.944 bits per heavy atom. The molecule has 0 aromatic carbocycles. The summed E-state index contributed by atoms with van der Waals surface area (Å²) in [6.07, 6.45) is 7.83. The van der Waals surface area contributed by atoms with E-state index < -0.39 is 0 Å². The summed E-state index contributed by atoms with van der Waals surface area (Å²) >= 11 is 0. The Balaban J connectivity index is 3.96. The Labute approximate surface area is 115 Å². The second-order valence-corrected chi connectivity index (χ2v) is 6.07. The van der Waals surface area contributed by atoms with Crippen molar-refractivity contribution in [2.24, 2.45) is 17.6 Å². The standard InChI is InChI=1S/C16H36N2/c1-5-7-10-18(11-8-6-2)12-9-16(14-17)13-15(3)4/h15-16H,5-14,17H2,1-4H3/t16-/m1/s1. The summed E-state index contributed by atoms with van der Waals surface area (Å²) < 4.78 is 0. The average molecular weight is 256 g/mol. The molecule has 2 N–H and O–H groups in total. The molecule has 0 aromatic heterocycles. The van der Waals surface area contributed by atoms with Crippen LogP contribution < -0.4 is 5.73 Å². The molecule has 0 unspecified atom stereocenters. The summed E-state index contributed by atoms with van der Waals surface area (Å²) in [7, 11) is 0. The molecule has 0 spiro atoms. The molecule has 0 fully saturated rings. The van der Waals surface area contributed by atoms with E-state index in [1.807, 2.05) is 0 Å². The predicted molar refractivity (Wildman–Crippen MR) is 82.9 cm³/mol. The van der Waals surface area contributed by atoms with Crippen molar-refractivity contribution in [3.05, 3.63) is 0 Å². The molecule has 0 radical (unpaired) electrons. The zero-order chi connectivity index (χ0) is 13.8. The Morgan fingerprint density at radius 2 is 1.50 bits per heavy atom. The molecular weight excluding hydrogens is 220 g/mol. The summed E-state index contributed by atoms with van der Waals surface area (Å²) in [4.78, 5) is 2.65. The van der Waals surface area contributed by atoms with Gasteiger partial charge in [0.05, 0.1) is 0 Å². The lowest BCUT2D eigenvalue weighted by Crippen LogP contribution is -2.30. The number of rotatable bonds is 12. The minimum absolute atomic E-state index is 0.718. The first-order chi connectivity index (χ1) is 8.63. The maximum absolute atomic E-state index is 5.89. The van der Waals surface area contributed by atoms with Gasteiger partial charge in [-0.3, -0.25) is 0 Å². The first-order valence-electron chi connectivity index (χ1n) is 8.06. The lowest BCUT2D eigenvalue weighted by Gasteiger charge is -2.25. The van der Waals surface area contributed by atoms with Gasteiger partial charge in [0.25, 0.3) is 0 Å². The van der Waals surface area contributed by atoms with Gasteiger partial charge in [-0.1, -0.05) is 40.5 Å². The second-order valence-electron chi connectivity index (χ2n) is 6.07. The van der Waals surface area contributed by atoms with Gasteiger partial charge in [-0.05, 0) is 63.7 Å². The molecule has 0 saturated carbocycles. The third kappa shape index (κ3) is 9.90. The summed E-state index contributed by atoms with van der Waals surface area (Å²) in [5.41, 5.74) is 5.89. The molecule has 2 nitrogen and oxygen atoms in total. The largest absolute Gasteiger partial charge is 0.330 e. The molecule has 0 aliphatic carbocycles. The quantitative estimate of drug-likeness (QED) is 0.574. The highest BCUT2D eigenvalue weighted by molar-refractivity contribution is 4.66. The Bertz CT molecular complexity index is 160. The van der Waals surface area contributed by atoms with Gasteiger partial charge in [-0.25, -0.2) is 0 Å². The van der Waals surface area contributed by atoms with Crippen LogP contribution in [0.3, 0.4) is 0 Å². The van der Waals surface area contributed by atoms with Crippen molar-refractivity contribution in [1.82, 2.24) is 4.90 Å². The summed E-state index contributed by atoms with van der Waals surface area (Å²) in [6.45, 7) is 13.8. The van der Waals surface area contributed by atoms with Crippen LogP contribution in [-0.4, -0.2) is 31.1 Å². The molecule has 0 aromatic rings. The summed E-state index contributed by atoms with van der Waals surface area (Å²) in [5, 5.41) is 0. The molecule has 0 bridgehead atoms. The van der Waals surface area contributed by atoms with Crippen molar-refractivity contribution < 1.29 is 0 Å². The summed E-state index contributed by atoms with van der Waals surface area (Å²) in [5.74, 6) is 1.49. The molecule has 0 rings (SSSR count). The lowest BCUT2D eigenvalue weighted by molar-refractivity contribution is 0.236. The molecular formula is C16H36N2. The highest BCUT2D eigenvalue weighted by atomic mass is 15.1. The van der Waals surface area contributed by atoms with Crippen LogP contribution in [0.4, 0.5) is 0 Å². The van der Waals surface area contributed by atoms with E-state index in [0.29, 0.717) is 0 Å². The van der Waals surface area contributed by atoms with Gasteiger partial charge in [0, 0.05) is 0 Å². The first kappa shape index (κ1) is 17.9. The van der Waals surface area contributed by atoms with Crippen LogP contribution in [0, 0.1) is 11.8 Å². The fourth-order valence-electron chi connectivity index (χ4n) is 2.46. The van der Waals surface area contributed by atoms with Crippen LogP contribution >= 0.6 is 0 Å². The van der Waals surface area contributed by atoms with E-state index in [2.05, 4.69) is 32.6 Å². The van der Waals surface area contributed by atoms with Crippen molar-refractivity contribution in [3.8, 4) is 0 Å². The number of nitrogens with two attached hydrogens (primary N) is 1. The third-order valence-corrected chi connectivity index (χ3v) is 3.65. The fraction of sp³-hybridized carbons (Fsp3) is 1.00. The predicted octanol–water partition coefficient (Wildman–Crippen LogP) is 3.90. The minimum Gasteiger partial charge on any atom is -0.330 e. The van der Waals surface area contributed by atoms with Crippen molar-refractivity contribution in [3.63, 3.8) is 0 Å². The van der Waals surface area contributed by atoms with Gasteiger partial charge in [-0.2, -0.15) is 0 Å². The third-order valence-electron chi connectivity index (χ3n) is 3.65. The zero-order valence-corrected chi connectivity index (χ0v) is 13.3. The Hall–Kier alpha value is -0.0800. The van der Waals surface area contributed by atoms with Crippen molar-refractivity contribution in [2.75, 3.05) is 26.2 Å².